The lowest BCUT2D eigenvalue weighted by Gasteiger charge is -2.13. The number of aromatic nitrogens is 2. The monoisotopic (exact) mass is 293 g/mol. The van der Waals surface area contributed by atoms with Crippen LogP contribution in [0.1, 0.15) is 32.0 Å². The number of nitrogens with zero attached hydrogens (tertiary/aromatic N) is 2. The van der Waals surface area contributed by atoms with Crippen molar-refractivity contribution < 1.29 is 14.5 Å². The number of hydrogen-bond donors (Lipinski definition) is 1. The van der Waals surface area contributed by atoms with Gasteiger partial charge in [0.25, 0.3) is 5.69 Å². The summed E-state index contributed by atoms with van der Waals surface area (Å²) in [6.07, 6.45) is 2.79. The number of nitro benzene ring substituents is 1. The third kappa shape index (κ3) is 1.47. The van der Waals surface area contributed by atoms with Crippen LogP contribution >= 0.6 is 0 Å². The van der Waals surface area contributed by atoms with E-state index < -0.39 is 4.92 Å². The minimum absolute atomic E-state index is 0.133. The largest absolute Gasteiger partial charge is 0.351 e. The average molecular weight is 293 g/mol. The van der Waals surface area contributed by atoms with Gasteiger partial charge < -0.3 is 4.98 Å². The van der Waals surface area contributed by atoms with Crippen LogP contribution < -0.4 is 0 Å². The summed E-state index contributed by atoms with van der Waals surface area (Å²) in [4.78, 5) is 42.3. The normalized spacial score (nSPS) is 13.1. The molecule has 22 heavy (non-hydrogen) atoms. The molecule has 0 bridgehead atoms. The van der Waals surface area contributed by atoms with Gasteiger partial charge in [0.1, 0.15) is 0 Å². The summed E-state index contributed by atoms with van der Waals surface area (Å²) >= 11 is 0. The van der Waals surface area contributed by atoms with Gasteiger partial charge in [-0.05, 0) is 12.1 Å². The molecular weight excluding hydrogens is 286 g/mol. The van der Waals surface area contributed by atoms with Crippen molar-refractivity contribution in [3.63, 3.8) is 0 Å². The molecule has 3 aromatic rings. The van der Waals surface area contributed by atoms with E-state index in [-0.39, 0.29) is 39.6 Å². The van der Waals surface area contributed by atoms with Crippen LogP contribution in [0.2, 0.25) is 0 Å². The summed E-state index contributed by atoms with van der Waals surface area (Å²) in [7, 11) is 0. The number of ketones is 2. The maximum Gasteiger partial charge on any atom is 0.270 e. The first kappa shape index (κ1) is 12.4. The number of carbonyl (C=O) groups excluding carboxylic acids is 2. The molecule has 2 aromatic heterocycles. The van der Waals surface area contributed by atoms with Crippen molar-refractivity contribution in [1.82, 2.24) is 9.97 Å². The molecule has 0 saturated heterocycles. The van der Waals surface area contributed by atoms with E-state index in [1.54, 1.807) is 0 Å². The fraction of sp³-hybridized carbons (Fsp3) is 0. The molecule has 1 aromatic carbocycles. The lowest BCUT2D eigenvalue weighted by molar-refractivity contribution is -0.384. The summed E-state index contributed by atoms with van der Waals surface area (Å²) in [5.41, 5.74) is 1.22. The van der Waals surface area contributed by atoms with Crippen LogP contribution in [0.15, 0.2) is 36.7 Å². The Balaban J connectivity index is 2.07. The highest BCUT2D eigenvalue weighted by molar-refractivity contribution is 6.32. The van der Waals surface area contributed by atoms with Gasteiger partial charge in [0, 0.05) is 41.0 Å². The molecule has 7 heteroatoms. The number of carbonyl (C=O) groups is 2. The molecule has 0 aliphatic heterocycles. The zero-order valence-corrected chi connectivity index (χ0v) is 11.0. The number of nitro groups is 1. The quantitative estimate of drug-likeness (QED) is 0.428. The molecule has 0 radical (unpaired) electrons. The Labute approximate surface area is 122 Å². The predicted octanol–water partition coefficient (Wildman–Crippen LogP) is 2.25. The van der Waals surface area contributed by atoms with E-state index in [9.17, 15) is 19.7 Å². The van der Waals surface area contributed by atoms with Crippen molar-refractivity contribution in [2.75, 3.05) is 0 Å². The zero-order chi connectivity index (χ0) is 15.4. The predicted molar refractivity (Wildman–Crippen MR) is 76.1 cm³/mol. The number of aromatic amines is 1. The molecule has 0 saturated carbocycles. The third-order valence-electron chi connectivity index (χ3n) is 3.76. The highest BCUT2D eigenvalue weighted by Crippen LogP contribution is 2.33. The van der Waals surface area contributed by atoms with Gasteiger partial charge in [0.15, 0.2) is 5.78 Å². The molecular formula is C15H7N3O4. The second-order valence-electron chi connectivity index (χ2n) is 4.94. The summed E-state index contributed by atoms with van der Waals surface area (Å²) < 4.78 is 0. The first-order valence-corrected chi connectivity index (χ1v) is 6.41. The van der Waals surface area contributed by atoms with Crippen LogP contribution in [0.5, 0.6) is 0 Å². The summed E-state index contributed by atoms with van der Waals surface area (Å²) in [6.45, 7) is 0. The maximum atomic E-state index is 12.6. The van der Waals surface area contributed by atoms with Crippen molar-refractivity contribution >= 4 is 28.2 Å². The van der Waals surface area contributed by atoms with E-state index in [0.29, 0.717) is 10.9 Å². The number of nitrogens with one attached hydrogen (secondary N) is 1. The van der Waals surface area contributed by atoms with Crippen LogP contribution in [0.4, 0.5) is 5.69 Å². The number of non-ortho nitro benzene ring substituents is 1. The molecule has 0 spiro atoms. The lowest BCUT2D eigenvalue weighted by Crippen LogP contribution is -2.20. The van der Waals surface area contributed by atoms with Gasteiger partial charge in [-0.25, -0.2) is 0 Å². The molecule has 4 rings (SSSR count). The molecule has 0 unspecified atom stereocenters. The van der Waals surface area contributed by atoms with E-state index in [2.05, 4.69) is 9.97 Å². The molecule has 0 fully saturated rings. The molecule has 106 valence electrons. The first-order chi connectivity index (χ1) is 10.6. The molecule has 1 aliphatic rings. The number of fused-ring (bicyclic) bond motifs is 4. The Morgan fingerprint density at radius 1 is 1.09 bits per heavy atom. The Bertz CT molecular complexity index is 1000. The van der Waals surface area contributed by atoms with Crippen molar-refractivity contribution in [2.24, 2.45) is 0 Å². The number of H-pyrrole nitrogens is 1. The van der Waals surface area contributed by atoms with E-state index in [1.165, 1.54) is 36.7 Å². The fourth-order valence-corrected chi connectivity index (χ4v) is 2.74. The van der Waals surface area contributed by atoms with Crippen LogP contribution in [-0.2, 0) is 0 Å². The number of benzene rings is 1. The Hall–Kier alpha value is -3.35. The number of pyridine rings is 1. The molecule has 1 aliphatic carbocycles. The topological polar surface area (TPSA) is 106 Å². The molecule has 0 amide bonds. The van der Waals surface area contributed by atoms with Gasteiger partial charge in [-0.2, -0.15) is 0 Å². The second kappa shape index (κ2) is 4.08. The van der Waals surface area contributed by atoms with E-state index in [0.717, 1.165) is 0 Å². The lowest BCUT2D eigenvalue weighted by atomic mass is 9.88. The molecule has 2 heterocycles. The Morgan fingerprint density at radius 3 is 2.68 bits per heavy atom. The van der Waals surface area contributed by atoms with Crippen molar-refractivity contribution in [3.8, 4) is 0 Å². The summed E-state index contributed by atoms with van der Waals surface area (Å²) in [5, 5.41) is 11.3. The fourth-order valence-electron chi connectivity index (χ4n) is 2.74. The number of rotatable bonds is 1. The van der Waals surface area contributed by atoms with E-state index >= 15 is 0 Å². The molecule has 1 N–H and O–H groups in total. The maximum absolute atomic E-state index is 12.6. The third-order valence-corrected chi connectivity index (χ3v) is 3.76. The standard InChI is InChI=1S/C15H7N3O4/c19-14-10-6-16-4-3-8(10)15(20)13-12(14)9-5-7(18(21)22)1-2-11(9)17-13/h1-6,17H. The molecule has 0 atom stereocenters. The highest BCUT2D eigenvalue weighted by Gasteiger charge is 2.33. The second-order valence-corrected chi connectivity index (χ2v) is 4.94. The SMILES string of the molecule is O=C1c2ccncc2C(=O)c2c1[nH]c1ccc([N+](=O)[O-])cc21. The van der Waals surface area contributed by atoms with Gasteiger partial charge in [0.05, 0.1) is 21.7 Å². The highest BCUT2D eigenvalue weighted by atomic mass is 16.6. The summed E-state index contributed by atoms with van der Waals surface area (Å²) in [5.74, 6) is -0.671. The minimum Gasteiger partial charge on any atom is -0.351 e. The van der Waals surface area contributed by atoms with Gasteiger partial charge >= 0.3 is 0 Å². The number of hydrogen-bond acceptors (Lipinski definition) is 5. The first-order valence-electron chi connectivity index (χ1n) is 6.41. The zero-order valence-electron chi connectivity index (χ0n) is 11.0. The smallest absolute Gasteiger partial charge is 0.270 e. The van der Waals surface area contributed by atoms with E-state index in [4.69, 9.17) is 0 Å². The minimum atomic E-state index is -0.538. The van der Waals surface area contributed by atoms with Crippen LogP contribution in [0.25, 0.3) is 10.9 Å². The van der Waals surface area contributed by atoms with E-state index in [1.807, 2.05) is 0 Å². The Kier molecular flexibility index (Phi) is 2.30. The van der Waals surface area contributed by atoms with Crippen molar-refractivity contribution in [1.29, 1.82) is 0 Å². The van der Waals surface area contributed by atoms with Gasteiger partial charge in [-0.3, -0.25) is 24.7 Å². The molecule has 7 nitrogen and oxygen atoms in total. The van der Waals surface area contributed by atoms with Gasteiger partial charge in [-0.15, -0.1) is 0 Å². The average Bonchev–Trinajstić information content (AvgIpc) is 2.91. The van der Waals surface area contributed by atoms with Crippen LogP contribution in [0.3, 0.4) is 0 Å². The van der Waals surface area contributed by atoms with Crippen molar-refractivity contribution in [2.45, 2.75) is 0 Å². The van der Waals surface area contributed by atoms with Gasteiger partial charge in [-0.1, -0.05) is 0 Å². The van der Waals surface area contributed by atoms with Crippen molar-refractivity contribution in [3.05, 3.63) is 69.2 Å². The summed E-state index contributed by atoms with van der Waals surface area (Å²) in [6, 6.07) is 5.62. The van der Waals surface area contributed by atoms with Gasteiger partial charge in [0.2, 0.25) is 5.78 Å². The van der Waals surface area contributed by atoms with Crippen LogP contribution in [0, 0.1) is 10.1 Å². The Morgan fingerprint density at radius 2 is 1.91 bits per heavy atom. The van der Waals surface area contributed by atoms with Crippen LogP contribution in [-0.4, -0.2) is 26.5 Å².